The summed E-state index contributed by atoms with van der Waals surface area (Å²) in [6, 6.07) is 11.0. The molecule has 2 aromatic rings. The minimum absolute atomic E-state index is 0.731. The van der Waals surface area contributed by atoms with Gasteiger partial charge in [-0.05, 0) is 12.2 Å². The number of hydrogen-bond donors (Lipinski definition) is 0. The van der Waals surface area contributed by atoms with Crippen molar-refractivity contribution in [1.82, 2.24) is 14.9 Å². The Labute approximate surface area is 123 Å². The molecule has 0 saturated carbocycles. The Balaban J connectivity index is 1.60. The van der Waals surface area contributed by atoms with Crippen LogP contribution in [0, 0.1) is 0 Å². The van der Waals surface area contributed by atoms with E-state index in [1.807, 2.05) is 24.4 Å². The number of benzene rings is 1. The molecule has 0 radical (unpaired) electrons. The largest absolute Gasteiger partial charge is 0.289 e. The molecule has 0 amide bonds. The normalized spacial score (nSPS) is 22.1. The quantitative estimate of drug-likeness (QED) is 0.847. The summed E-state index contributed by atoms with van der Waals surface area (Å²) >= 11 is 2.07. The van der Waals surface area contributed by atoms with Crippen molar-refractivity contribution in [3.8, 4) is 11.4 Å². The fraction of sp³-hybridized carbons (Fsp3) is 0.375. The Kier molecular flexibility index (Phi) is 3.20. The van der Waals surface area contributed by atoms with Crippen LogP contribution < -0.4 is 0 Å². The molecule has 1 aromatic carbocycles. The molecule has 0 spiro atoms. The van der Waals surface area contributed by atoms with Crippen molar-refractivity contribution in [2.75, 3.05) is 11.5 Å². The van der Waals surface area contributed by atoms with E-state index in [0.29, 0.717) is 0 Å². The van der Waals surface area contributed by atoms with Gasteiger partial charge in [-0.15, -0.1) is 0 Å². The van der Waals surface area contributed by atoms with Crippen LogP contribution in [0.25, 0.3) is 11.4 Å². The predicted molar refractivity (Wildman–Crippen MR) is 82.4 cm³/mol. The summed E-state index contributed by atoms with van der Waals surface area (Å²) in [7, 11) is 0. The second-order valence-corrected chi connectivity index (χ2v) is 6.60. The molecule has 1 aromatic heterocycles. The molecule has 20 heavy (non-hydrogen) atoms. The van der Waals surface area contributed by atoms with Crippen LogP contribution in [0.15, 0.2) is 36.5 Å². The first-order valence-electron chi connectivity index (χ1n) is 7.12. The maximum absolute atomic E-state index is 4.79. The lowest BCUT2D eigenvalue weighted by Crippen LogP contribution is -2.30. The number of rotatable bonds is 2. The molecule has 3 heterocycles. The van der Waals surface area contributed by atoms with Crippen molar-refractivity contribution in [3.63, 3.8) is 0 Å². The predicted octanol–water partition coefficient (Wildman–Crippen LogP) is 2.96. The molecule has 4 heteroatoms. The molecule has 2 aliphatic heterocycles. The zero-order valence-corrected chi connectivity index (χ0v) is 12.1. The van der Waals surface area contributed by atoms with Gasteiger partial charge in [0.05, 0.1) is 5.69 Å². The summed E-state index contributed by atoms with van der Waals surface area (Å²) in [4.78, 5) is 11.9. The highest BCUT2D eigenvalue weighted by molar-refractivity contribution is 7.99. The maximum Gasteiger partial charge on any atom is 0.159 e. The second kappa shape index (κ2) is 5.19. The van der Waals surface area contributed by atoms with Gasteiger partial charge in [-0.25, -0.2) is 9.97 Å². The summed E-state index contributed by atoms with van der Waals surface area (Å²) in [6.07, 6.45) is 3.34. The van der Waals surface area contributed by atoms with Gasteiger partial charge in [0.25, 0.3) is 0 Å². The van der Waals surface area contributed by atoms with Crippen molar-refractivity contribution in [2.45, 2.75) is 25.6 Å². The van der Waals surface area contributed by atoms with Gasteiger partial charge in [0.1, 0.15) is 0 Å². The number of hydrogen-bond acceptors (Lipinski definition) is 4. The number of fused-ring (bicyclic) bond motifs is 1. The topological polar surface area (TPSA) is 29.0 Å². The highest BCUT2D eigenvalue weighted by Gasteiger charge is 2.29. The zero-order valence-electron chi connectivity index (χ0n) is 11.3. The van der Waals surface area contributed by atoms with Crippen LogP contribution in [0.3, 0.4) is 0 Å². The van der Waals surface area contributed by atoms with Crippen molar-refractivity contribution in [3.05, 3.63) is 47.8 Å². The Hall–Kier alpha value is -1.39. The van der Waals surface area contributed by atoms with Crippen LogP contribution in [0.2, 0.25) is 0 Å². The average Bonchev–Trinajstić information content (AvgIpc) is 3.16. The third-order valence-corrected chi connectivity index (χ3v) is 5.28. The van der Waals surface area contributed by atoms with E-state index in [2.05, 4.69) is 33.8 Å². The second-order valence-electron chi connectivity index (χ2n) is 5.45. The lowest BCUT2D eigenvalue weighted by molar-refractivity contribution is 0.216. The first-order chi connectivity index (χ1) is 9.90. The van der Waals surface area contributed by atoms with Gasteiger partial charge in [-0.3, -0.25) is 4.90 Å². The molecular weight excluding hydrogens is 266 g/mol. The van der Waals surface area contributed by atoms with Crippen molar-refractivity contribution in [1.29, 1.82) is 0 Å². The highest BCUT2D eigenvalue weighted by Crippen LogP contribution is 2.30. The van der Waals surface area contributed by atoms with Crippen molar-refractivity contribution in [2.24, 2.45) is 0 Å². The van der Waals surface area contributed by atoms with E-state index >= 15 is 0 Å². The first kappa shape index (κ1) is 12.4. The number of nitrogens with zero attached hydrogens (tertiary/aromatic N) is 3. The lowest BCUT2D eigenvalue weighted by Gasteiger charge is -2.21. The molecule has 3 nitrogen and oxygen atoms in total. The summed E-state index contributed by atoms with van der Waals surface area (Å²) < 4.78 is 0. The van der Waals surface area contributed by atoms with E-state index in [1.165, 1.54) is 29.2 Å². The maximum atomic E-state index is 4.79. The Morgan fingerprint density at radius 2 is 2.05 bits per heavy atom. The third kappa shape index (κ3) is 2.23. The van der Waals surface area contributed by atoms with Gasteiger partial charge < -0.3 is 0 Å². The van der Waals surface area contributed by atoms with Crippen LogP contribution >= 0.6 is 11.8 Å². The molecule has 0 aliphatic carbocycles. The highest BCUT2D eigenvalue weighted by atomic mass is 32.2. The lowest BCUT2D eigenvalue weighted by atomic mass is 10.2. The minimum Gasteiger partial charge on any atom is -0.289 e. The van der Waals surface area contributed by atoms with E-state index in [-0.39, 0.29) is 0 Å². The van der Waals surface area contributed by atoms with Crippen LogP contribution in [-0.4, -0.2) is 32.4 Å². The van der Waals surface area contributed by atoms with Gasteiger partial charge in [0.2, 0.25) is 0 Å². The SMILES string of the molecule is c1ccc(-c2ncc3c(n2)CN(C2CCSC2)C3)cc1. The molecule has 102 valence electrons. The third-order valence-electron chi connectivity index (χ3n) is 4.13. The van der Waals surface area contributed by atoms with E-state index in [0.717, 1.165) is 30.5 Å². The summed E-state index contributed by atoms with van der Waals surface area (Å²) in [5.74, 6) is 3.43. The summed E-state index contributed by atoms with van der Waals surface area (Å²) in [5.41, 5.74) is 3.63. The first-order valence-corrected chi connectivity index (χ1v) is 8.27. The Bertz CT molecular complexity index is 608. The average molecular weight is 283 g/mol. The Morgan fingerprint density at radius 1 is 1.15 bits per heavy atom. The fourth-order valence-electron chi connectivity index (χ4n) is 2.97. The monoisotopic (exact) mass is 283 g/mol. The fourth-order valence-corrected chi connectivity index (χ4v) is 4.23. The molecule has 1 unspecified atom stereocenters. The zero-order chi connectivity index (χ0) is 13.4. The molecule has 0 N–H and O–H groups in total. The minimum atomic E-state index is 0.731. The molecule has 0 bridgehead atoms. The number of aromatic nitrogens is 2. The van der Waals surface area contributed by atoms with E-state index < -0.39 is 0 Å². The van der Waals surface area contributed by atoms with Crippen LogP contribution in [0.1, 0.15) is 17.7 Å². The van der Waals surface area contributed by atoms with Gasteiger partial charge >= 0.3 is 0 Å². The van der Waals surface area contributed by atoms with Crippen molar-refractivity contribution >= 4 is 11.8 Å². The van der Waals surface area contributed by atoms with Gasteiger partial charge in [-0.1, -0.05) is 30.3 Å². The number of thioether (sulfide) groups is 1. The van der Waals surface area contributed by atoms with Crippen LogP contribution in [0.5, 0.6) is 0 Å². The van der Waals surface area contributed by atoms with E-state index in [1.54, 1.807) is 0 Å². The van der Waals surface area contributed by atoms with E-state index in [9.17, 15) is 0 Å². The molecule has 1 atom stereocenters. The van der Waals surface area contributed by atoms with Gasteiger partial charge in [0, 0.05) is 42.2 Å². The standard InChI is InChI=1S/C16H17N3S/c1-2-4-12(5-3-1)16-17-8-13-9-19(10-15(13)18-16)14-6-7-20-11-14/h1-5,8,14H,6-7,9-11H2. The van der Waals surface area contributed by atoms with Crippen LogP contribution in [-0.2, 0) is 13.1 Å². The van der Waals surface area contributed by atoms with Crippen LogP contribution in [0.4, 0.5) is 0 Å². The molecule has 4 rings (SSSR count). The summed E-state index contributed by atoms with van der Waals surface area (Å²) in [5, 5.41) is 0. The summed E-state index contributed by atoms with van der Waals surface area (Å²) in [6.45, 7) is 2.01. The molecule has 1 saturated heterocycles. The molecule has 1 fully saturated rings. The van der Waals surface area contributed by atoms with Crippen molar-refractivity contribution < 1.29 is 0 Å². The van der Waals surface area contributed by atoms with Gasteiger partial charge in [0.15, 0.2) is 5.82 Å². The van der Waals surface area contributed by atoms with E-state index in [4.69, 9.17) is 4.98 Å². The smallest absolute Gasteiger partial charge is 0.159 e. The Morgan fingerprint density at radius 3 is 2.85 bits per heavy atom. The molecular formula is C16H17N3S. The molecule has 2 aliphatic rings. The van der Waals surface area contributed by atoms with Gasteiger partial charge in [-0.2, -0.15) is 11.8 Å².